The number of nitrogens with one attached hydrogen (secondary N) is 1. The third-order valence-electron chi connectivity index (χ3n) is 3.84. The minimum atomic E-state index is -0.187. The van der Waals surface area contributed by atoms with Crippen LogP contribution in [0.25, 0.3) is 5.65 Å². The third-order valence-corrected chi connectivity index (χ3v) is 3.84. The predicted molar refractivity (Wildman–Crippen MR) is 90.3 cm³/mol. The van der Waals surface area contributed by atoms with E-state index in [9.17, 15) is 4.79 Å². The number of anilines is 1. The summed E-state index contributed by atoms with van der Waals surface area (Å²) in [6.07, 6.45) is 2.79. The van der Waals surface area contributed by atoms with E-state index in [0.29, 0.717) is 22.8 Å². The summed E-state index contributed by atoms with van der Waals surface area (Å²) in [6.45, 7) is 3.92. The fourth-order valence-corrected chi connectivity index (χ4v) is 2.60. The fourth-order valence-electron chi connectivity index (χ4n) is 2.60. The number of ether oxygens (including phenoxy) is 1. The van der Waals surface area contributed by atoms with Crippen molar-refractivity contribution in [1.29, 1.82) is 0 Å². The molecular weight excluding hydrogens is 290 g/mol. The Kier molecular flexibility index (Phi) is 4.02. The number of carbonyl (C=O) groups is 1. The number of benzene rings is 1. The van der Waals surface area contributed by atoms with Crippen molar-refractivity contribution in [3.63, 3.8) is 0 Å². The standard InChI is InChI=1S/C18H19N3O2/c1-4-13-7-9-14(10-8-13)20-18(22)16-12(2)19-17-15(23-3)6-5-11-21(16)17/h5-11H,4H2,1-3H3,(H,20,22). The minimum absolute atomic E-state index is 0.187. The minimum Gasteiger partial charge on any atom is -0.493 e. The number of rotatable bonds is 4. The Morgan fingerprint density at radius 3 is 2.65 bits per heavy atom. The van der Waals surface area contributed by atoms with Crippen LogP contribution in [0.2, 0.25) is 0 Å². The molecule has 2 aromatic heterocycles. The molecule has 0 aliphatic rings. The van der Waals surface area contributed by atoms with Gasteiger partial charge in [0.2, 0.25) is 0 Å². The highest BCUT2D eigenvalue weighted by Crippen LogP contribution is 2.22. The van der Waals surface area contributed by atoms with Gasteiger partial charge in [0.05, 0.1) is 12.8 Å². The van der Waals surface area contributed by atoms with Gasteiger partial charge in [0, 0.05) is 11.9 Å². The van der Waals surface area contributed by atoms with Gasteiger partial charge >= 0.3 is 0 Å². The Balaban J connectivity index is 1.95. The van der Waals surface area contributed by atoms with Crippen molar-refractivity contribution in [3.8, 4) is 5.75 Å². The fraction of sp³-hybridized carbons (Fsp3) is 0.222. The molecule has 0 radical (unpaired) electrons. The van der Waals surface area contributed by atoms with E-state index < -0.39 is 0 Å². The van der Waals surface area contributed by atoms with Gasteiger partial charge < -0.3 is 10.1 Å². The molecule has 1 aromatic carbocycles. The maximum atomic E-state index is 12.7. The molecule has 118 valence electrons. The molecule has 5 heteroatoms. The number of aromatic nitrogens is 2. The van der Waals surface area contributed by atoms with E-state index in [-0.39, 0.29) is 5.91 Å². The molecule has 5 nitrogen and oxygen atoms in total. The van der Waals surface area contributed by atoms with E-state index in [0.717, 1.165) is 12.1 Å². The lowest BCUT2D eigenvalue weighted by atomic mass is 10.1. The second-order valence-electron chi connectivity index (χ2n) is 5.32. The highest BCUT2D eigenvalue weighted by molar-refractivity contribution is 6.04. The second kappa shape index (κ2) is 6.12. The maximum Gasteiger partial charge on any atom is 0.274 e. The van der Waals surface area contributed by atoms with Gasteiger partial charge in [0.25, 0.3) is 5.91 Å². The normalized spacial score (nSPS) is 10.7. The molecule has 0 aliphatic heterocycles. The summed E-state index contributed by atoms with van der Waals surface area (Å²) in [5.74, 6) is 0.453. The quantitative estimate of drug-likeness (QED) is 0.803. The van der Waals surface area contributed by atoms with Gasteiger partial charge in [-0.25, -0.2) is 4.98 Å². The summed E-state index contributed by atoms with van der Waals surface area (Å²) in [4.78, 5) is 17.1. The van der Waals surface area contributed by atoms with Crippen LogP contribution >= 0.6 is 0 Å². The highest BCUT2D eigenvalue weighted by Gasteiger charge is 2.18. The zero-order valence-electron chi connectivity index (χ0n) is 13.5. The average molecular weight is 309 g/mol. The lowest BCUT2D eigenvalue weighted by Gasteiger charge is -2.07. The Bertz CT molecular complexity index is 851. The molecule has 0 spiro atoms. The molecule has 0 saturated carbocycles. The van der Waals surface area contributed by atoms with E-state index in [1.165, 1.54) is 5.56 Å². The first kappa shape index (κ1) is 15.1. The molecule has 3 aromatic rings. The first-order chi connectivity index (χ1) is 11.1. The SMILES string of the molecule is CCc1ccc(NC(=O)c2c(C)nc3c(OC)cccn23)cc1. The summed E-state index contributed by atoms with van der Waals surface area (Å²) in [6, 6.07) is 11.5. The van der Waals surface area contributed by atoms with Gasteiger partial charge in [-0.1, -0.05) is 19.1 Å². The third kappa shape index (κ3) is 2.77. The number of carbonyl (C=O) groups excluding carboxylic acids is 1. The maximum absolute atomic E-state index is 12.7. The Labute approximate surface area is 134 Å². The van der Waals surface area contributed by atoms with Crippen molar-refractivity contribution in [2.75, 3.05) is 12.4 Å². The van der Waals surface area contributed by atoms with Crippen LogP contribution < -0.4 is 10.1 Å². The van der Waals surface area contributed by atoms with Gasteiger partial charge in [0.1, 0.15) is 5.69 Å². The number of pyridine rings is 1. The number of fused-ring (bicyclic) bond motifs is 1. The highest BCUT2D eigenvalue weighted by atomic mass is 16.5. The van der Waals surface area contributed by atoms with Crippen molar-refractivity contribution < 1.29 is 9.53 Å². The van der Waals surface area contributed by atoms with Crippen molar-refractivity contribution in [2.45, 2.75) is 20.3 Å². The molecular formula is C18H19N3O2. The van der Waals surface area contributed by atoms with Crippen LogP contribution in [0, 0.1) is 6.92 Å². The number of nitrogens with zero attached hydrogens (tertiary/aromatic N) is 2. The van der Waals surface area contributed by atoms with Crippen LogP contribution in [0.3, 0.4) is 0 Å². The van der Waals surface area contributed by atoms with Crippen molar-refractivity contribution in [2.24, 2.45) is 0 Å². The number of hydrogen-bond donors (Lipinski definition) is 1. The Morgan fingerprint density at radius 1 is 1.26 bits per heavy atom. The van der Waals surface area contributed by atoms with E-state index in [1.807, 2.05) is 49.5 Å². The summed E-state index contributed by atoms with van der Waals surface area (Å²) in [5, 5.41) is 2.93. The van der Waals surface area contributed by atoms with Crippen LogP contribution in [-0.2, 0) is 6.42 Å². The Hall–Kier alpha value is -2.82. The zero-order chi connectivity index (χ0) is 16.4. The van der Waals surface area contributed by atoms with Crippen LogP contribution in [0.15, 0.2) is 42.6 Å². The van der Waals surface area contributed by atoms with Gasteiger partial charge in [-0.3, -0.25) is 9.20 Å². The van der Waals surface area contributed by atoms with Crippen molar-refractivity contribution >= 4 is 17.2 Å². The molecule has 3 rings (SSSR count). The van der Waals surface area contributed by atoms with E-state index in [2.05, 4.69) is 17.2 Å². The molecule has 1 amide bonds. The first-order valence-corrected chi connectivity index (χ1v) is 7.56. The van der Waals surface area contributed by atoms with E-state index in [1.54, 1.807) is 11.5 Å². The molecule has 0 aliphatic carbocycles. The smallest absolute Gasteiger partial charge is 0.274 e. The predicted octanol–water partition coefficient (Wildman–Crippen LogP) is 3.47. The van der Waals surface area contributed by atoms with Crippen LogP contribution in [0.1, 0.15) is 28.7 Å². The molecule has 0 bridgehead atoms. The monoisotopic (exact) mass is 309 g/mol. The summed E-state index contributed by atoms with van der Waals surface area (Å²) < 4.78 is 7.06. The van der Waals surface area contributed by atoms with E-state index >= 15 is 0 Å². The summed E-state index contributed by atoms with van der Waals surface area (Å²) in [7, 11) is 1.59. The Morgan fingerprint density at radius 2 is 2.00 bits per heavy atom. The van der Waals surface area contributed by atoms with Gasteiger partial charge in [-0.2, -0.15) is 0 Å². The lowest BCUT2D eigenvalue weighted by molar-refractivity contribution is 0.102. The molecule has 23 heavy (non-hydrogen) atoms. The van der Waals surface area contributed by atoms with Crippen LogP contribution in [-0.4, -0.2) is 22.4 Å². The largest absolute Gasteiger partial charge is 0.493 e. The number of methoxy groups -OCH3 is 1. The van der Waals surface area contributed by atoms with Crippen LogP contribution in [0.4, 0.5) is 5.69 Å². The zero-order valence-corrected chi connectivity index (χ0v) is 13.5. The summed E-state index contributed by atoms with van der Waals surface area (Å²) in [5.41, 5.74) is 3.82. The van der Waals surface area contributed by atoms with E-state index in [4.69, 9.17) is 4.74 Å². The molecule has 0 atom stereocenters. The molecule has 0 unspecified atom stereocenters. The molecule has 2 heterocycles. The number of aryl methyl sites for hydroxylation is 2. The number of imidazole rings is 1. The second-order valence-corrected chi connectivity index (χ2v) is 5.32. The summed E-state index contributed by atoms with van der Waals surface area (Å²) >= 11 is 0. The molecule has 1 N–H and O–H groups in total. The topological polar surface area (TPSA) is 55.6 Å². The lowest BCUT2D eigenvalue weighted by Crippen LogP contribution is -2.15. The number of hydrogen-bond acceptors (Lipinski definition) is 3. The van der Waals surface area contributed by atoms with Gasteiger partial charge in [-0.15, -0.1) is 0 Å². The van der Waals surface area contributed by atoms with Gasteiger partial charge in [-0.05, 0) is 43.2 Å². The molecule has 0 saturated heterocycles. The number of amides is 1. The molecule has 0 fully saturated rings. The average Bonchev–Trinajstić information content (AvgIpc) is 2.91. The van der Waals surface area contributed by atoms with Crippen LogP contribution in [0.5, 0.6) is 5.75 Å². The van der Waals surface area contributed by atoms with Crippen molar-refractivity contribution in [1.82, 2.24) is 9.38 Å². The first-order valence-electron chi connectivity index (χ1n) is 7.56. The van der Waals surface area contributed by atoms with Crippen molar-refractivity contribution in [3.05, 3.63) is 59.5 Å². The van der Waals surface area contributed by atoms with Gasteiger partial charge in [0.15, 0.2) is 11.4 Å².